The lowest BCUT2D eigenvalue weighted by Gasteiger charge is -2.10. The number of pyridine rings is 1. The Labute approximate surface area is 144 Å². The molecule has 1 aromatic carbocycles. The summed E-state index contributed by atoms with van der Waals surface area (Å²) >= 11 is 5.70. The van der Waals surface area contributed by atoms with Crippen molar-refractivity contribution in [2.75, 3.05) is 0 Å². The van der Waals surface area contributed by atoms with Crippen molar-refractivity contribution in [2.24, 2.45) is 0 Å². The second-order valence-corrected chi connectivity index (χ2v) is 5.38. The van der Waals surface area contributed by atoms with Gasteiger partial charge >= 0.3 is 6.36 Å². The zero-order valence-corrected chi connectivity index (χ0v) is 13.4. The number of ether oxygens (including phenoxy) is 1. The lowest BCUT2D eigenvalue weighted by atomic mass is 10.1. The Morgan fingerprint density at radius 3 is 2.56 bits per heavy atom. The van der Waals surface area contributed by atoms with Gasteiger partial charge in [0.25, 0.3) is 5.56 Å². The van der Waals surface area contributed by atoms with Gasteiger partial charge in [-0.3, -0.25) is 9.59 Å². The number of aryl methyl sites for hydroxylation is 1. The molecule has 0 amide bonds. The molecular weight excluding hydrogens is 363 g/mol. The second-order valence-electron chi connectivity index (χ2n) is 4.98. The molecule has 1 heterocycles. The van der Waals surface area contributed by atoms with Crippen LogP contribution in [0.1, 0.15) is 21.6 Å². The number of carbonyl (C=O) groups excluding carboxylic acids is 1. The minimum Gasteiger partial charge on any atom is -0.507 e. The molecule has 0 spiro atoms. The van der Waals surface area contributed by atoms with Crippen molar-refractivity contribution in [1.29, 1.82) is 0 Å². The van der Waals surface area contributed by atoms with Crippen LogP contribution in [0.3, 0.4) is 0 Å². The van der Waals surface area contributed by atoms with E-state index in [1.165, 1.54) is 25.1 Å². The van der Waals surface area contributed by atoms with Gasteiger partial charge in [0.05, 0.1) is 5.02 Å². The van der Waals surface area contributed by atoms with Crippen LogP contribution < -0.4 is 10.3 Å². The second kappa shape index (κ2) is 7.02. The number of aromatic nitrogens is 1. The summed E-state index contributed by atoms with van der Waals surface area (Å²) in [5.41, 5.74) is -0.505. The number of halogens is 4. The molecule has 0 aliphatic rings. The van der Waals surface area contributed by atoms with Crippen molar-refractivity contribution in [2.45, 2.75) is 13.3 Å². The minimum atomic E-state index is -4.87. The number of carbonyl (C=O) groups is 1. The molecule has 2 N–H and O–H groups in total. The molecule has 2 aromatic rings. The van der Waals surface area contributed by atoms with Crippen LogP contribution in [-0.4, -0.2) is 22.2 Å². The highest BCUT2D eigenvalue weighted by molar-refractivity contribution is 6.32. The van der Waals surface area contributed by atoms with Gasteiger partial charge in [-0.15, -0.1) is 13.2 Å². The third-order valence-corrected chi connectivity index (χ3v) is 3.30. The largest absolute Gasteiger partial charge is 0.573 e. The maximum atomic E-state index is 12.2. The third kappa shape index (κ3) is 4.87. The Morgan fingerprint density at radius 2 is 2.00 bits per heavy atom. The molecule has 0 saturated carbocycles. The van der Waals surface area contributed by atoms with Crippen LogP contribution in [0.2, 0.25) is 5.02 Å². The highest BCUT2D eigenvalue weighted by Gasteiger charge is 2.31. The number of ketones is 1. The van der Waals surface area contributed by atoms with E-state index in [-0.39, 0.29) is 5.02 Å². The van der Waals surface area contributed by atoms with Gasteiger partial charge in [-0.25, -0.2) is 0 Å². The Hall–Kier alpha value is -2.74. The van der Waals surface area contributed by atoms with E-state index in [0.29, 0.717) is 11.3 Å². The Morgan fingerprint density at radius 1 is 1.32 bits per heavy atom. The molecule has 1 aromatic heterocycles. The first kappa shape index (κ1) is 18.6. The summed E-state index contributed by atoms with van der Waals surface area (Å²) in [5, 5.41) is 9.41. The monoisotopic (exact) mass is 373 g/mol. The number of alkyl halides is 3. The number of hydrogen-bond donors (Lipinski definition) is 2. The van der Waals surface area contributed by atoms with Crippen molar-refractivity contribution in [3.05, 3.63) is 62.5 Å². The lowest BCUT2D eigenvalue weighted by molar-refractivity contribution is -0.274. The molecule has 9 heteroatoms. The zero-order valence-electron chi connectivity index (χ0n) is 12.6. The quantitative estimate of drug-likeness (QED) is 0.630. The van der Waals surface area contributed by atoms with Gasteiger partial charge in [0.1, 0.15) is 17.1 Å². The fourth-order valence-electron chi connectivity index (χ4n) is 1.99. The van der Waals surface area contributed by atoms with E-state index >= 15 is 0 Å². The van der Waals surface area contributed by atoms with E-state index in [1.54, 1.807) is 0 Å². The molecule has 0 aliphatic heterocycles. The summed E-state index contributed by atoms with van der Waals surface area (Å²) in [7, 11) is 0. The molecule has 0 fully saturated rings. The van der Waals surface area contributed by atoms with E-state index in [2.05, 4.69) is 9.72 Å². The summed E-state index contributed by atoms with van der Waals surface area (Å²) in [6, 6.07) is 4.63. The zero-order chi connectivity index (χ0) is 18.8. The fourth-order valence-corrected chi connectivity index (χ4v) is 2.22. The smallest absolute Gasteiger partial charge is 0.507 e. The number of rotatable bonds is 4. The van der Waals surface area contributed by atoms with Crippen molar-refractivity contribution in [3.8, 4) is 11.5 Å². The van der Waals surface area contributed by atoms with E-state index in [0.717, 1.165) is 18.2 Å². The van der Waals surface area contributed by atoms with Gasteiger partial charge < -0.3 is 14.8 Å². The van der Waals surface area contributed by atoms with E-state index < -0.39 is 34.8 Å². The van der Waals surface area contributed by atoms with Crippen molar-refractivity contribution in [3.63, 3.8) is 0 Å². The number of aromatic hydroxyl groups is 1. The Bertz CT molecular complexity index is 903. The van der Waals surface area contributed by atoms with E-state index in [1.807, 2.05) is 0 Å². The first-order valence-corrected chi connectivity index (χ1v) is 7.15. The molecule has 0 unspecified atom stereocenters. The highest BCUT2D eigenvalue weighted by Crippen LogP contribution is 2.31. The molecule has 25 heavy (non-hydrogen) atoms. The molecular formula is C16H11ClF3NO4. The molecule has 2 rings (SSSR count). The maximum Gasteiger partial charge on any atom is 0.573 e. The highest BCUT2D eigenvalue weighted by atomic mass is 35.5. The van der Waals surface area contributed by atoms with E-state index in [4.69, 9.17) is 11.6 Å². The van der Waals surface area contributed by atoms with Gasteiger partial charge in [-0.05, 0) is 36.8 Å². The van der Waals surface area contributed by atoms with Crippen LogP contribution in [-0.2, 0) is 0 Å². The maximum absolute atomic E-state index is 12.2. The molecule has 0 saturated heterocycles. The van der Waals surface area contributed by atoms with Gasteiger partial charge in [-0.2, -0.15) is 0 Å². The first-order valence-electron chi connectivity index (χ1n) is 6.77. The molecule has 0 bridgehead atoms. The standard InChI is InChI=1S/C16H11ClF3NO4/c1-8-6-12(23)14(15(24)21-8)11(22)4-2-9-3-5-13(10(17)7-9)25-16(18,19)20/h2-7H,1H3,(H2,21,23,24)/b4-2+. The lowest BCUT2D eigenvalue weighted by Crippen LogP contribution is -2.17. The number of aromatic amines is 1. The van der Waals surface area contributed by atoms with Crippen LogP contribution >= 0.6 is 11.6 Å². The summed E-state index contributed by atoms with van der Waals surface area (Å²) < 4.78 is 40.2. The Balaban J connectivity index is 2.24. The molecule has 0 radical (unpaired) electrons. The van der Waals surface area contributed by atoms with Crippen LogP contribution in [0, 0.1) is 6.92 Å². The summed E-state index contributed by atoms with van der Waals surface area (Å²) in [5.74, 6) is -1.82. The van der Waals surface area contributed by atoms with Crippen LogP contribution in [0.4, 0.5) is 13.2 Å². The number of hydrogen-bond acceptors (Lipinski definition) is 4. The summed E-state index contributed by atoms with van der Waals surface area (Å²) in [6.07, 6.45) is -2.64. The predicted molar refractivity (Wildman–Crippen MR) is 85.0 cm³/mol. The SMILES string of the molecule is Cc1cc(O)c(C(=O)/C=C/c2ccc(OC(F)(F)F)c(Cl)c2)c(=O)[nH]1. The van der Waals surface area contributed by atoms with Gasteiger partial charge in [-0.1, -0.05) is 23.7 Å². The number of H-pyrrole nitrogens is 1. The number of benzene rings is 1. The van der Waals surface area contributed by atoms with Gasteiger partial charge in [0.2, 0.25) is 0 Å². The average Bonchev–Trinajstić information content (AvgIpc) is 2.45. The van der Waals surface area contributed by atoms with Gasteiger partial charge in [0.15, 0.2) is 5.78 Å². The van der Waals surface area contributed by atoms with E-state index in [9.17, 15) is 27.9 Å². The van der Waals surface area contributed by atoms with Crippen LogP contribution in [0.15, 0.2) is 35.1 Å². The number of nitrogens with one attached hydrogen (secondary N) is 1. The molecule has 132 valence electrons. The summed E-state index contributed by atoms with van der Waals surface area (Å²) in [4.78, 5) is 26.2. The molecule has 5 nitrogen and oxygen atoms in total. The van der Waals surface area contributed by atoms with Crippen molar-refractivity contribution in [1.82, 2.24) is 4.98 Å². The van der Waals surface area contributed by atoms with Crippen molar-refractivity contribution >= 4 is 23.5 Å². The van der Waals surface area contributed by atoms with Crippen LogP contribution in [0.25, 0.3) is 6.08 Å². The normalized spacial score (nSPS) is 11.7. The fraction of sp³-hybridized carbons (Fsp3) is 0.125. The van der Waals surface area contributed by atoms with Gasteiger partial charge in [0, 0.05) is 5.69 Å². The van der Waals surface area contributed by atoms with Crippen LogP contribution in [0.5, 0.6) is 11.5 Å². The molecule has 0 atom stereocenters. The first-order chi connectivity index (χ1) is 11.6. The van der Waals surface area contributed by atoms with Crippen molar-refractivity contribution < 1.29 is 27.8 Å². The average molecular weight is 374 g/mol. The third-order valence-electron chi connectivity index (χ3n) is 3.00. The molecule has 0 aliphatic carbocycles. The summed E-state index contributed by atoms with van der Waals surface area (Å²) in [6.45, 7) is 1.54. The Kier molecular flexibility index (Phi) is 5.22. The predicted octanol–water partition coefficient (Wildman–Crippen LogP) is 3.84. The minimum absolute atomic E-state index is 0.302. The number of allylic oxidation sites excluding steroid dienone is 1. The topological polar surface area (TPSA) is 79.4 Å².